The third kappa shape index (κ3) is 6.86. The molecule has 1 aliphatic rings. The molecule has 1 heterocycles. The lowest BCUT2D eigenvalue weighted by Crippen LogP contribution is -2.23. The molecule has 0 aromatic heterocycles. The molecule has 2 unspecified atom stereocenters. The minimum Gasteiger partial charge on any atom is -0.353 e. The molecular weight excluding hydrogens is 375 g/mol. The molecule has 0 aliphatic carbocycles. The average Bonchev–Trinajstić information content (AvgIpc) is 2.53. The monoisotopic (exact) mass is 396 g/mol. The van der Waals surface area contributed by atoms with E-state index in [-0.39, 0.29) is 18.8 Å². The highest BCUT2D eigenvalue weighted by Gasteiger charge is 2.19. The van der Waals surface area contributed by atoms with E-state index in [0.29, 0.717) is 23.1 Å². The van der Waals surface area contributed by atoms with Gasteiger partial charge in [-0.05, 0) is 43.4 Å². The maximum atomic E-state index is 11.3. The van der Waals surface area contributed by atoms with Gasteiger partial charge in [0.1, 0.15) is 0 Å². The minimum atomic E-state index is -3.52. The molecule has 0 amide bonds. The molecule has 0 N–H and O–H groups in total. The molecule has 5 nitrogen and oxygen atoms in total. The van der Waals surface area contributed by atoms with Crippen LogP contribution in [0.25, 0.3) is 0 Å². The molecule has 1 fully saturated rings. The van der Waals surface area contributed by atoms with E-state index in [1.807, 2.05) is 6.07 Å². The van der Waals surface area contributed by atoms with Crippen molar-refractivity contribution in [2.45, 2.75) is 37.9 Å². The molecular formula is C16H22Cl2O5S. The molecule has 1 aromatic carbocycles. The zero-order chi connectivity index (χ0) is 17.6. The molecule has 2 atom stereocenters. The smallest absolute Gasteiger partial charge is 0.264 e. The summed E-state index contributed by atoms with van der Waals surface area (Å²) >= 11 is 12.0. The summed E-state index contributed by atoms with van der Waals surface area (Å²) in [5.74, 6) is -0.168. The van der Waals surface area contributed by atoms with E-state index >= 15 is 0 Å². The van der Waals surface area contributed by atoms with Crippen LogP contribution >= 0.6 is 23.2 Å². The second-order valence-corrected chi connectivity index (χ2v) is 8.27. The van der Waals surface area contributed by atoms with Crippen LogP contribution < -0.4 is 0 Å². The van der Waals surface area contributed by atoms with Crippen LogP contribution in [-0.2, 0) is 23.8 Å². The summed E-state index contributed by atoms with van der Waals surface area (Å²) < 4.78 is 38.8. The fourth-order valence-corrected chi connectivity index (χ4v) is 3.22. The minimum absolute atomic E-state index is 0.0334. The Morgan fingerprint density at radius 2 is 2.08 bits per heavy atom. The van der Waals surface area contributed by atoms with Gasteiger partial charge in [0.2, 0.25) is 0 Å². The molecule has 0 saturated carbocycles. The number of rotatable bonds is 8. The number of hydrogen-bond donors (Lipinski definition) is 0. The molecule has 0 spiro atoms. The van der Waals surface area contributed by atoms with E-state index in [1.54, 1.807) is 12.1 Å². The number of benzene rings is 1. The van der Waals surface area contributed by atoms with Gasteiger partial charge in [-0.25, -0.2) is 0 Å². The number of halogens is 2. The van der Waals surface area contributed by atoms with Crippen molar-refractivity contribution in [3.8, 4) is 0 Å². The van der Waals surface area contributed by atoms with Crippen molar-refractivity contribution >= 4 is 33.3 Å². The van der Waals surface area contributed by atoms with Crippen molar-refractivity contribution in [2.75, 3.05) is 26.1 Å². The van der Waals surface area contributed by atoms with Gasteiger partial charge in [0.15, 0.2) is 6.29 Å². The van der Waals surface area contributed by atoms with Crippen molar-refractivity contribution in [1.29, 1.82) is 0 Å². The second kappa shape index (κ2) is 9.36. The first-order valence-corrected chi connectivity index (χ1v) is 10.4. The van der Waals surface area contributed by atoms with Crippen LogP contribution in [0.2, 0.25) is 10.0 Å². The molecule has 1 aromatic rings. The fraction of sp³-hybridized carbons (Fsp3) is 0.625. The van der Waals surface area contributed by atoms with Gasteiger partial charge in [0.05, 0.1) is 29.5 Å². The van der Waals surface area contributed by atoms with Crippen molar-refractivity contribution in [2.24, 2.45) is 0 Å². The molecule has 0 bridgehead atoms. The third-order valence-corrected chi connectivity index (χ3v) is 5.11. The van der Waals surface area contributed by atoms with E-state index in [0.717, 1.165) is 37.7 Å². The van der Waals surface area contributed by atoms with Crippen molar-refractivity contribution < 1.29 is 22.1 Å². The molecule has 136 valence electrons. The van der Waals surface area contributed by atoms with Crippen LogP contribution in [0.5, 0.6) is 0 Å². The summed E-state index contributed by atoms with van der Waals surface area (Å²) in [4.78, 5) is 0. The summed E-state index contributed by atoms with van der Waals surface area (Å²) in [5, 5.41) is 0.880. The Kier molecular flexibility index (Phi) is 7.78. The molecule has 8 heteroatoms. The fourth-order valence-electron chi connectivity index (χ4n) is 2.50. The first kappa shape index (κ1) is 19.9. The van der Waals surface area contributed by atoms with Crippen LogP contribution in [-0.4, -0.2) is 40.8 Å². The van der Waals surface area contributed by atoms with E-state index in [1.165, 1.54) is 0 Å². The highest BCUT2D eigenvalue weighted by atomic mass is 35.5. The Balaban J connectivity index is 1.97. The quantitative estimate of drug-likeness (QED) is 0.621. The normalized spacial score (nSPS) is 20.0. The van der Waals surface area contributed by atoms with Crippen LogP contribution in [0.1, 0.15) is 37.2 Å². The molecule has 24 heavy (non-hydrogen) atoms. The first-order chi connectivity index (χ1) is 11.3. The van der Waals surface area contributed by atoms with E-state index < -0.39 is 10.1 Å². The molecule has 1 aliphatic heterocycles. The maximum absolute atomic E-state index is 11.3. The van der Waals surface area contributed by atoms with Gasteiger partial charge in [-0.1, -0.05) is 29.3 Å². The summed E-state index contributed by atoms with van der Waals surface area (Å²) in [7, 11) is -3.52. The number of ether oxygens (including phenoxy) is 2. The third-order valence-electron chi connectivity index (χ3n) is 3.81. The number of hydrogen-bond acceptors (Lipinski definition) is 5. The summed E-state index contributed by atoms with van der Waals surface area (Å²) in [6.07, 6.45) is 4.49. The Morgan fingerprint density at radius 1 is 1.29 bits per heavy atom. The van der Waals surface area contributed by atoms with Crippen LogP contribution in [0.4, 0.5) is 0 Å². The Morgan fingerprint density at radius 3 is 2.71 bits per heavy atom. The van der Waals surface area contributed by atoms with Crippen LogP contribution in [0.3, 0.4) is 0 Å². The van der Waals surface area contributed by atoms with Crippen molar-refractivity contribution in [1.82, 2.24) is 0 Å². The predicted octanol–water partition coefficient (Wildman–Crippen LogP) is 3.99. The lowest BCUT2D eigenvalue weighted by atomic mass is 9.97. The highest BCUT2D eigenvalue weighted by Crippen LogP contribution is 2.29. The molecule has 0 radical (unpaired) electrons. The van der Waals surface area contributed by atoms with Gasteiger partial charge in [0.25, 0.3) is 10.1 Å². The van der Waals surface area contributed by atoms with E-state index in [2.05, 4.69) is 0 Å². The van der Waals surface area contributed by atoms with E-state index in [4.69, 9.17) is 36.9 Å². The SMILES string of the molecule is CS(=O)(=O)OCC(CCOC1CCCCO1)c1ccc(Cl)c(Cl)c1. The van der Waals surface area contributed by atoms with Gasteiger partial charge >= 0.3 is 0 Å². The first-order valence-electron chi connectivity index (χ1n) is 7.88. The zero-order valence-electron chi connectivity index (χ0n) is 13.5. The lowest BCUT2D eigenvalue weighted by molar-refractivity contribution is -0.163. The second-order valence-electron chi connectivity index (χ2n) is 5.81. The topological polar surface area (TPSA) is 61.8 Å². The Labute approximate surface area is 153 Å². The van der Waals surface area contributed by atoms with Gasteiger partial charge in [-0.3, -0.25) is 4.18 Å². The largest absolute Gasteiger partial charge is 0.353 e. The van der Waals surface area contributed by atoms with Gasteiger partial charge < -0.3 is 9.47 Å². The summed E-state index contributed by atoms with van der Waals surface area (Å²) in [5.41, 5.74) is 0.862. The zero-order valence-corrected chi connectivity index (χ0v) is 15.9. The highest BCUT2D eigenvalue weighted by molar-refractivity contribution is 7.85. The Bertz CT molecular complexity index is 629. The summed E-state index contributed by atoms with van der Waals surface area (Å²) in [6, 6.07) is 5.25. The Hall–Kier alpha value is -0.370. The van der Waals surface area contributed by atoms with Gasteiger partial charge in [0, 0.05) is 12.5 Å². The maximum Gasteiger partial charge on any atom is 0.264 e. The van der Waals surface area contributed by atoms with E-state index in [9.17, 15) is 8.42 Å². The van der Waals surface area contributed by atoms with Crippen molar-refractivity contribution in [3.63, 3.8) is 0 Å². The molecule has 2 rings (SSSR count). The standard InChI is InChI=1S/C16H22Cl2O5S/c1-24(19,20)23-11-13(12-5-6-14(17)15(18)10-12)7-9-22-16-4-2-3-8-21-16/h5-6,10,13,16H,2-4,7-9,11H2,1H3. The van der Waals surface area contributed by atoms with Gasteiger partial charge in [-0.2, -0.15) is 8.42 Å². The molecule has 1 saturated heterocycles. The summed E-state index contributed by atoms with van der Waals surface area (Å²) in [6.45, 7) is 1.20. The van der Waals surface area contributed by atoms with Crippen LogP contribution in [0, 0.1) is 0 Å². The average molecular weight is 397 g/mol. The van der Waals surface area contributed by atoms with Crippen LogP contribution in [0.15, 0.2) is 18.2 Å². The lowest BCUT2D eigenvalue weighted by Gasteiger charge is -2.24. The van der Waals surface area contributed by atoms with Crippen molar-refractivity contribution in [3.05, 3.63) is 33.8 Å². The predicted molar refractivity (Wildman–Crippen MR) is 94.2 cm³/mol. The van der Waals surface area contributed by atoms with Gasteiger partial charge in [-0.15, -0.1) is 0 Å².